The molecule has 0 aromatic rings. The number of unbranched alkanes of at least 4 members (excludes halogenated alkanes) is 1. The molecule has 1 rings (SSSR count). The van der Waals surface area contributed by atoms with E-state index in [-0.39, 0.29) is 0 Å². The molecule has 4 nitrogen and oxygen atoms in total. The number of methoxy groups -OCH3 is 1. The maximum absolute atomic E-state index is 5.24. The first-order chi connectivity index (χ1) is 6.43. The van der Waals surface area contributed by atoms with E-state index >= 15 is 0 Å². The third-order valence-corrected chi connectivity index (χ3v) is 2.12. The summed E-state index contributed by atoms with van der Waals surface area (Å²) < 4.78 is 10.2. The van der Waals surface area contributed by atoms with Crippen LogP contribution in [0.15, 0.2) is 0 Å². The molecule has 1 aliphatic rings. The van der Waals surface area contributed by atoms with Gasteiger partial charge in [-0.05, 0) is 12.8 Å². The van der Waals surface area contributed by atoms with Crippen LogP contribution in [-0.2, 0) is 9.47 Å². The summed E-state index contributed by atoms with van der Waals surface area (Å²) in [7, 11) is 1.75. The van der Waals surface area contributed by atoms with Crippen LogP contribution >= 0.6 is 0 Å². The van der Waals surface area contributed by atoms with Crippen LogP contribution in [0.5, 0.6) is 0 Å². The molecular formula is C9H20N2O2. The number of nitrogens with zero attached hydrogens (tertiary/aromatic N) is 1. The van der Waals surface area contributed by atoms with Gasteiger partial charge in [-0.1, -0.05) is 0 Å². The Morgan fingerprint density at radius 2 is 2.08 bits per heavy atom. The fourth-order valence-corrected chi connectivity index (χ4v) is 1.33. The molecule has 1 heterocycles. The van der Waals surface area contributed by atoms with Gasteiger partial charge in [0.15, 0.2) is 0 Å². The first-order valence-electron chi connectivity index (χ1n) is 4.98. The molecule has 0 aromatic heterocycles. The number of nitrogens with one attached hydrogen (secondary N) is 1. The molecular weight excluding hydrogens is 168 g/mol. The van der Waals surface area contributed by atoms with Crippen molar-refractivity contribution in [1.29, 1.82) is 0 Å². The Bertz CT molecular complexity index is 116. The van der Waals surface area contributed by atoms with Crippen LogP contribution in [0.3, 0.4) is 0 Å². The van der Waals surface area contributed by atoms with E-state index in [0.29, 0.717) is 0 Å². The van der Waals surface area contributed by atoms with Crippen LogP contribution in [0.4, 0.5) is 0 Å². The second-order valence-electron chi connectivity index (χ2n) is 3.21. The number of ether oxygens (including phenoxy) is 2. The quantitative estimate of drug-likeness (QED) is 0.606. The van der Waals surface area contributed by atoms with E-state index in [1.165, 1.54) is 6.42 Å². The zero-order valence-corrected chi connectivity index (χ0v) is 8.42. The molecule has 0 unspecified atom stereocenters. The van der Waals surface area contributed by atoms with Crippen molar-refractivity contribution in [3.8, 4) is 0 Å². The summed E-state index contributed by atoms with van der Waals surface area (Å²) >= 11 is 0. The number of hydrogen-bond acceptors (Lipinski definition) is 4. The molecule has 0 saturated carbocycles. The Labute approximate surface area is 80.2 Å². The molecule has 1 saturated heterocycles. The van der Waals surface area contributed by atoms with Crippen molar-refractivity contribution in [3.05, 3.63) is 0 Å². The van der Waals surface area contributed by atoms with Gasteiger partial charge in [0.2, 0.25) is 0 Å². The molecule has 1 aliphatic heterocycles. The molecule has 0 aliphatic carbocycles. The van der Waals surface area contributed by atoms with Crippen LogP contribution in [0, 0.1) is 0 Å². The minimum atomic E-state index is 0.852. The van der Waals surface area contributed by atoms with Gasteiger partial charge in [0, 0.05) is 33.4 Å². The maximum atomic E-state index is 5.24. The second-order valence-corrected chi connectivity index (χ2v) is 3.21. The molecule has 13 heavy (non-hydrogen) atoms. The first kappa shape index (κ1) is 10.9. The third-order valence-electron chi connectivity index (χ3n) is 2.12. The maximum Gasteiger partial charge on any atom is 0.0608 e. The van der Waals surface area contributed by atoms with Crippen molar-refractivity contribution in [2.45, 2.75) is 12.8 Å². The summed E-state index contributed by atoms with van der Waals surface area (Å²) in [6.07, 6.45) is 2.30. The molecule has 0 atom stereocenters. The van der Waals surface area contributed by atoms with Crippen LogP contribution in [0.1, 0.15) is 12.8 Å². The number of hydrogen-bond donors (Lipinski definition) is 1. The van der Waals surface area contributed by atoms with Crippen molar-refractivity contribution in [2.24, 2.45) is 0 Å². The predicted molar refractivity (Wildman–Crippen MR) is 51.5 cm³/mol. The van der Waals surface area contributed by atoms with E-state index in [1.807, 2.05) is 0 Å². The number of hydrazine groups is 1. The summed E-state index contributed by atoms with van der Waals surface area (Å²) in [4.78, 5) is 0. The fourth-order valence-electron chi connectivity index (χ4n) is 1.33. The van der Waals surface area contributed by atoms with Gasteiger partial charge in [-0.2, -0.15) is 0 Å². The highest BCUT2D eigenvalue weighted by molar-refractivity contribution is 4.56. The topological polar surface area (TPSA) is 33.7 Å². The zero-order chi connectivity index (χ0) is 9.36. The minimum absolute atomic E-state index is 0.852. The molecule has 0 aromatic carbocycles. The van der Waals surface area contributed by atoms with E-state index in [0.717, 1.165) is 45.9 Å². The average molecular weight is 188 g/mol. The summed E-state index contributed by atoms with van der Waals surface area (Å²) in [5.74, 6) is 0. The van der Waals surface area contributed by atoms with Gasteiger partial charge >= 0.3 is 0 Å². The van der Waals surface area contributed by atoms with E-state index in [1.54, 1.807) is 7.11 Å². The van der Waals surface area contributed by atoms with E-state index in [2.05, 4.69) is 10.4 Å². The lowest BCUT2D eigenvalue weighted by atomic mass is 10.3. The van der Waals surface area contributed by atoms with E-state index in [9.17, 15) is 0 Å². The summed E-state index contributed by atoms with van der Waals surface area (Å²) in [5.41, 5.74) is 3.38. The smallest absolute Gasteiger partial charge is 0.0608 e. The lowest BCUT2D eigenvalue weighted by molar-refractivity contribution is 0.0116. The molecule has 1 fully saturated rings. The second kappa shape index (κ2) is 7.26. The standard InChI is InChI=1S/C9H20N2O2/c1-12-7-3-2-4-10-11-5-8-13-9-6-11/h10H,2-9H2,1H3. The lowest BCUT2D eigenvalue weighted by Gasteiger charge is -2.27. The predicted octanol–water partition coefficient (Wildman–Crippen LogP) is 0.250. The van der Waals surface area contributed by atoms with Crippen LogP contribution in [-0.4, -0.2) is 51.6 Å². The number of rotatable bonds is 6. The zero-order valence-electron chi connectivity index (χ0n) is 8.42. The Balaban J connectivity index is 1.86. The van der Waals surface area contributed by atoms with Crippen molar-refractivity contribution in [1.82, 2.24) is 10.4 Å². The Morgan fingerprint density at radius 3 is 2.77 bits per heavy atom. The third kappa shape index (κ3) is 5.21. The lowest BCUT2D eigenvalue weighted by Crippen LogP contribution is -2.46. The summed E-state index contributed by atoms with van der Waals surface area (Å²) in [6.45, 7) is 5.62. The highest BCUT2D eigenvalue weighted by Gasteiger charge is 2.08. The highest BCUT2D eigenvalue weighted by Crippen LogP contribution is 1.93. The van der Waals surface area contributed by atoms with Gasteiger partial charge in [0.05, 0.1) is 13.2 Å². The van der Waals surface area contributed by atoms with Crippen molar-refractivity contribution in [3.63, 3.8) is 0 Å². The number of morpholine rings is 1. The van der Waals surface area contributed by atoms with Crippen LogP contribution in [0.25, 0.3) is 0 Å². The average Bonchev–Trinajstić information content (AvgIpc) is 2.19. The van der Waals surface area contributed by atoms with E-state index in [4.69, 9.17) is 9.47 Å². The van der Waals surface area contributed by atoms with Gasteiger partial charge in [-0.15, -0.1) is 0 Å². The molecule has 78 valence electrons. The summed E-state index contributed by atoms with van der Waals surface area (Å²) in [5, 5.41) is 2.23. The molecule has 0 amide bonds. The van der Waals surface area contributed by atoms with Gasteiger partial charge in [-0.25, -0.2) is 5.01 Å². The minimum Gasteiger partial charge on any atom is -0.385 e. The molecule has 0 spiro atoms. The van der Waals surface area contributed by atoms with Crippen molar-refractivity contribution >= 4 is 0 Å². The Hall–Kier alpha value is -0.160. The summed E-state index contributed by atoms with van der Waals surface area (Å²) in [6, 6.07) is 0. The van der Waals surface area contributed by atoms with Gasteiger partial charge in [-0.3, -0.25) is 5.43 Å². The van der Waals surface area contributed by atoms with Crippen molar-refractivity contribution < 1.29 is 9.47 Å². The van der Waals surface area contributed by atoms with Gasteiger partial charge in [0.25, 0.3) is 0 Å². The first-order valence-corrected chi connectivity index (χ1v) is 4.98. The largest absolute Gasteiger partial charge is 0.385 e. The molecule has 0 radical (unpaired) electrons. The fraction of sp³-hybridized carbons (Fsp3) is 1.00. The van der Waals surface area contributed by atoms with Crippen LogP contribution in [0.2, 0.25) is 0 Å². The SMILES string of the molecule is COCCCCNN1CCOCC1. The van der Waals surface area contributed by atoms with Crippen LogP contribution < -0.4 is 5.43 Å². The Morgan fingerprint density at radius 1 is 1.31 bits per heavy atom. The Kier molecular flexibility index (Phi) is 6.10. The molecule has 4 heteroatoms. The highest BCUT2D eigenvalue weighted by atomic mass is 16.5. The normalized spacial score (nSPS) is 19.2. The monoisotopic (exact) mass is 188 g/mol. The van der Waals surface area contributed by atoms with Gasteiger partial charge < -0.3 is 9.47 Å². The molecule has 0 bridgehead atoms. The van der Waals surface area contributed by atoms with E-state index < -0.39 is 0 Å². The molecule has 1 N–H and O–H groups in total. The van der Waals surface area contributed by atoms with Gasteiger partial charge in [0.1, 0.15) is 0 Å². The van der Waals surface area contributed by atoms with Crippen molar-refractivity contribution in [2.75, 3.05) is 46.6 Å².